The lowest BCUT2D eigenvalue weighted by Crippen LogP contribution is -2.38. The van der Waals surface area contributed by atoms with Gasteiger partial charge in [0.05, 0.1) is 26.1 Å². The van der Waals surface area contributed by atoms with Gasteiger partial charge in [-0.15, -0.1) is 11.3 Å². The Morgan fingerprint density at radius 1 is 1.09 bits per heavy atom. The number of carbonyl (C=O) groups excluding carboxylic acids is 2. The number of thiazole rings is 1. The number of rotatable bonds is 9. The highest BCUT2D eigenvalue weighted by atomic mass is 35.5. The van der Waals surface area contributed by atoms with Crippen LogP contribution in [0.15, 0.2) is 12.1 Å². The zero-order valence-electron chi connectivity index (χ0n) is 19.8. The van der Waals surface area contributed by atoms with Gasteiger partial charge in [-0.3, -0.25) is 9.59 Å². The third-order valence-corrected chi connectivity index (χ3v) is 7.32. The fourth-order valence-electron chi connectivity index (χ4n) is 3.11. The molecular formula is C23H31Cl2N3O4S. The van der Waals surface area contributed by atoms with Crippen molar-refractivity contribution in [2.75, 3.05) is 19.6 Å². The SMILES string of the molecule is CCN(CC)C(=O)c1nc(C(=O)NCC(C)(C)O)sc1-c1ccc(C(C)(O)CC)c(Cl)c1Cl. The highest BCUT2D eigenvalue weighted by molar-refractivity contribution is 7.17. The second-order valence-corrected chi connectivity index (χ2v) is 10.3. The molecule has 1 heterocycles. The van der Waals surface area contributed by atoms with Crippen molar-refractivity contribution in [3.05, 3.63) is 38.4 Å². The molecule has 3 N–H and O–H groups in total. The number of aromatic nitrogens is 1. The first kappa shape index (κ1) is 27.5. The predicted octanol–water partition coefficient (Wildman–Crippen LogP) is 4.72. The van der Waals surface area contributed by atoms with Gasteiger partial charge >= 0.3 is 0 Å². The van der Waals surface area contributed by atoms with Crippen molar-refractivity contribution < 1.29 is 19.8 Å². The summed E-state index contributed by atoms with van der Waals surface area (Å²) in [4.78, 5) is 32.3. The van der Waals surface area contributed by atoms with Crippen LogP contribution in [-0.2, 0) is 5.60 Å². The van der Waals surface area contributed by atoms with Gasteiger partial charge in [0.15, 0.2) is 5.01 Å². The molecule has 1 aromatic heterocycles. The Balaban J connectivity index is 2.63. The quantitative estimate of drug-likeness (QED) is 0.448. The molecule has 182 valence electrons. The molecule has 0 radical (unpaired) electrons. The van der Waals surface area contributed by atoms with Gasteiger partial charge in [-0.2, -0.15) is 0 Å². The summed E-state index contributed by atoms with van der Waals surface area (Å²) in [5, 5.41) is 23.6. The highest BCUT2D eigenvalue weighted by Gasteiger charge is 2.30. The minimum absolute atomic E-state index is 0.0213. The first-order chi connectivity index (χ1) is 15.3. The van der Waals surface area contributed by atoms with Crippen LogP contribution in [0.3, 0.4) is 0 Å². The molecule has 1 unspecified atom stereocenters. The van der Waals surface area contributed by atoms with E-state index in [0.717, 1.165) is 11.3 Å². The number of amides is 2. The van der Waals surface area contributed by atoms with Gasteiger partial charge in [0.25, 0.3) is 11.8 Å². The lowest BCUT2D eigenvalue weighted by Gasteiger charge is -2.24. The van der Waals surface area contributed by atoms with E-state index in [1.807, 2.05) is 20.8 Å². The zero-order valence-corrected chi connectivity index (χ0v) is 22.1. The maximum absolute atomic E-state index is 13.2. The molecule has 1 atom stereocenters. The van der Waals surface area contributed by atoms with Crippen LogP contribution in [-0.4, -0.2) is 57.1 Å². The summed E-state index contributed by atoms with van der Waals surface area (Å²) in [6.45, 7) is 11.3. The molecule has 2 rings (SSSR count). The minimum atomic E-state index is -1.17. The minimum Gasteiger partial charge on any atom is -0.389 e. The van der Waals surface area contributed by atoms with Crippen LogP contribution >= 0.6 is 34.5 Å². The number of hydrogen-bond acceptors (Lipinski definition) is 6. The highest BCUT2D eigenvalue weighted by Crippen LogP contribution is 2.43. The topological polar surface area (TPSA) is 103 Å². The zero-order chi connectivity index (χ0) is 25.1. The summed E-state index contributed by atoms with van der Waals surface area (Å²) in [6.07, 6.45) is 0.431. The maximum Gasteiger partial charge on any atom is 0.280 e. The Morgan fingerprint density at radius 2 is 1.70 bits per heavy atom. The molecule has 33 heavy (non-hydrogen) atoms. The van der Waals surface area contributed by atoms with E-state index < -0.39 is 17.1 Å². The van der Waals surface area contributed by atoms with Gasteiger partial charge < -0.3 is 20.4 Å². The van der Waals surface area contributed by atoms with E-state index >= 15 is 0 Å². The smallest absolute Gasteiger partial charge is 0.280 e. The summed E-state index contributed by atoms with van der Waals surface area (Å²) in [6, 6.07) is 3.35. The van der Waals surface area contributed by atoms with Gasteiger partial charge in [0.2, 0.25) is 0 Å². The molecule has 2 aromatic rings. The number of nitrogens with one attached hydrogen (secondary N) is 1. The van der Waals surface area contributed by atoms with Gasteiger partial charge in [0, 0.05) is 30.8 Å². The first-order valence-corrected chi connectivity index (χ1v) is 12.4. The normalized spacial score (nSPS) is 13.5. The van der Waals surface area contributed by atoms with E-state index in [1.54, 1.807) is 37.8 Å². The molecule has 0 aliphatic carbocycles. The molecule has 2 amide bonds. The molecule has 0 saturated carbocycles. The second kappa shape index (κ2) is 10.7. The number of aliphatic hydroxyl groups is 2. The molecule has 0 spiro atoms. The average Bonchev–Trinajstić information content (AvgIpc) is 3.19. The number of benzene rings is 1. The monoisotopic (exact) mass is 515 g/mol. The van der Waals surface area contributed by atoms with E-state index in [1.165, 1.54) is 0 Å². The molecule has 0 saturated heterocycles. The Kier molecular flexibility index (Phi) is 8.92. The Hall–Kier alpha value is -1.71. The second-order valence-electron chi connectivity index (χ2n) is 8.59. The largest absolute Gasteiger partial charge is 0.389 e. The number of halogens is 2. The van der Waals surface area contributed by atoms with Crippen LogP contribution < -0.4 is 5.32 Å². The first-order valence-electron chi connectivity index (χ1n) is 10.8. The maximum atomic E-state index is 13.2. The van der Waals surface area contributed by atoms with E-state index in [9.17, 15) is 19.8 Å². The fourth-order valence-corrected chi connectivity index (χ4v) is 4.80. The van der Waals surface area contributed by atoms with Crippen LogP contribution in [0.1, 0.15) is 73.8 Å². The van der Waals surface area contributed by atoms with Gasteiger partial charge in [-0.05, 0) is 41.0 Å². The number of hydrogen-bond donors (Lipinski definition) is 3. The molecule has 1 aromatic carbocycles. The van der Waals surface area contributed by atoms with Crippen molar-refractivity contribution in [1.82, 2.24) is 15.2 Å². The van der Waals surface area contributed by atoms with Crippen molar-refractivity contribution in [2.24, 2.45) is 0 Å². The van der Waals surface area contributed by atoms with Crippen LogP contribution in [0.4, 0.5) is 0 Å². The van der Waals surface area contributed by atoms with Crippen LogP contribution in [0, 0.1) is 0 Å². The molecule has 0 fully saturated rings. The Labute approximate surface area is 208 Å². The summed E-state index contributed by atoms with van der Waals surface area (Å²) >= 11 is 14.1. The molecule has 10 heteroatoms. The van der Waals surface area contributed by atoms with E-state index in [-0.39, 0.29) is 33.2 Å². The average molecular weight is 516 g/mol. The van der Waals surface area contributed by atoms with Crippen molar-refractivity contribution in [3.63, 3.8) is 0 Å². The molecule has 0 aliphatic rings. The third kappa shape index (κ3) is 6.25. The van der Waals surface area contributed by atoms with Crippen molar-refractivity contribution >= 4 is 46.4 Å². The Bertz CT molecular complexity index is 1030. The summed E-state index contributed by atoms with van der Waals surface area (Å²) in [5.74, 6) is -0.834. The molecule has 7 nitrogen and oxygen atoms in total. The summed E-state index contributed by atoms with van der Waals surface area (Å²) in [7, 11) is 0. The van der Waals surface area contributed by atoms with Gasteiger partial charge in [0.1, 0.15) is 5.69 Å². The van der Waals surface area contributed by atoms with Crippen LogP contribution in [0.25, 0.3) is 10.4 Å². The van der Waals surface area contributed by atoms with E-state index in [4.69, 9.17) is 23.2 Å². The molecule has 0 bridgehead atoms. The van der Waals surface area contributed by atoms with E-state index in [2.05, 4.69) is 10.3 Å². The predicted molar refractivity (Wildman–Crippen MR) is 133 cm³/mol. The summed E-state index contributed by atoms with van der Waals surface area (Å²) < 4.78 is 0. The third-order valence-electron chi connectivity index (χ3n) is 5.35. The van der Waals surface area contributed by atoms with Gasteiger partial charge in [-0.25, -0.2) is 4.98 Å². The van der Waals surface area contributed by atoms with Gasteiger partial charge in [-0.1, -0.05) is 42.3 Å². The fraction of sp³-hybridized carbons (Fsp3) is 0.522. The van der Waals surface area contributed by atoms with Crippen LogP contribution in [0.2, 0.25) is 10.0 Å². The Morgan fingerprint density at radius 3 is 2.21 bits per heavy atom. The molecular weight excluding hydrogens is 485 g/mol. The molecule has 0 aliphatic heterocycles. The standard InChI is InChI=1S/C23H31Cl2N3O4S/c1-7-23(6,32)14-11-10-13(15(24)16(14)25)18-17(21(30)28(8-2)9-3)27-20(33-18)19(29)26-12-22(4,5)31/h10-11,31-32H,7-9,12H2,1-6H3,(H,26,29). The van der Waals surface area contributed by atoms with Crippen LogP contribution in [0.5, 0.6) is 0 Å². The van der Waals surface area contributed by atoms with E-state index in [0.29, 0.717) is 35.5 Å². The lowest BCUT2D eigenvalue weighted by molar-refractivity contribution is 0.0532. The summed E-state index contributed by atoms with van der Waals surface area (Å²) in [5.41, 5.74) is -1.24. The lowest BCUT2D eigenvalue weighted by atomic mass is 9.92. The van der Waals surface area contributed by atoms with Crippen molar-refractivity contribution in [2.45, 2.75) is 59.2 Å². The van der Waals surface area contributed by atoms with Crippen molar-refractivity contribution in [1.29, 1.82) is 0 Å². The van der Waals surface area contributed by atoms with Crippen molar-refractivity contribution in [3.8, 4) is 10.4 Å². The number of nitrogens with zero attached hydrogens (tertiary/aromatic N) is 2. The number of carbonyl (C=O) groups is 2.